The van der Waals surface area contributed by atoms with Crippen LogP contribution in [0, 0.1) is 0 Å². The summed E-state index contributed by atoms with van der Waals surface area (Å²) < 4.78 is 0. The molecule has 2 heteroatoms. The van der Waals surface area contributed by atoms with Crippen molar-refractivity contribution in [1.29, 1.82) is 0 Å². The highest BCUT2D eigenvalue weighted by Gasteiger charge is 2.51. The van der Waals surface area contributed by atoms with E-state index >= 15 is 0 Å². The smallest absolute Gasteiger partial charge is 0.0788 e. The van der Waals surface area contributed by atoms with Crippen LogP contribution in [0.1, 0.15) is 44.9 Å². The Morgan fingerprint density at radius 3 is 1.64 bits per heavy atom. The zero-order chi connectivity index (χ0) is 42.2. The predicted octanol–water partition coefficient (Wildman–Crippen LogP) is 15.2. The van der Waals surface area contributed by atoms with Crippen LogP contribution in [0.5, 0.6) is 0 Å². The Kier molecular flexibility index (Phi) is 8.36. The Morgan fingerprint density at radius 1 is 0.391 bits per heavy atom. The minimum Gasteiger partial charge on any atom is -0.256 e. The van der Waals surface area contributed by atoms with E-state index in [0.717, 1.165) is 62.4 Å². The topological polar surface area (TPSA) is 25.8 Å². The normalized spacial score (nSPS) is 13.1. The van der Waals surface area contributed by atoms with Crippen molar-refractivity contribution in [3.8, 4) is 44.6 Å². The second-order valence-electron chi connectivity index (χ2n) is 17.6. The maximum absolute atomic E-state index is 5.70. The Balaban J connectivity index is 1.12. The van der Waals surface area contributed by atoms with E-state index in [0.29, 0.717) is 0 Å². The van der Waals surface area contributed by atoms with Gasteiger partial charge in [-0.05, 0) is 127 Å². The molecule has 13 rings (SSSR count). The van der Waals surface area contributed by atoms with Gasteiger partial charge in [0.15, 0.2) is 0 Å². The highest BCUT2D eigenvalue weighted by molar-refractivity contribution is 6.14. The number of nitrogens with zero attached hydrogens (tertiary/aromatic N) is 2. The minimum atomic E-state index is -0.464. The molecule has 11 aromatic rings. The molecule has 64 heavy (non-hydrogen) atoms. The third-order valence-electron chi connectivity index (χ3n) is 14.1. The number of para-hydroxylation sites is 2. The van der Waals surface area contributed by atoms with Gasteiger partial charge in [-0.2, -0.15) is 0 Å². The average molecular weight is 815 g/mol. The van der Waals surface area contributed by atoms with E-state index in [1.54, 1.807) is 0 Å². The molecular formula is C62H42N2. The van der Waals surface area contributed by atoms with Gasteiger partial charge in [0.2, 0.25) is 0 Å². The van der Waals surface area contributed by atoms with E-state index in [2.05, 4.69) is 212 Å². The number of hydrogen-bond donors (Lipinski definition) is 0. The molecule has 300 valence electrons. The van der Waals surface area contributed by atoms with Crippen molar-refractivity contribution in [1.82, 2.24) is 9.97 Å². The molecule has 1 spiro atoms. The quantitative estimate of drug-likeness (QED) is 0.150. The fourth-order valence-corrected chi connectivity index (χ4v) is 11.4. The number of aromatic nitrogens is 2. The van der Waals surface area contributed by atoms with E-state index in [1.807, 2.05) is 12.3 Å². The second kappa shape index (κ2) is 14.6. The first-order valence-electron chi connectivity index (χ1n) is 22.5. The predicted molar refractivity (Wildman–Crippen MR) is 265 cm³/mol. The van der Waals surface area contributed by atoms with Gasteiger partial charge in [0.25, 0.3) is 0 Å². The molecule has 2 aromatic heterocycles. The lowest BCUT2D eigenvalue weighted by Crippen LogP contribution is -2.25. The zero-order valence-corrected chi connectivity index (χ0v) is 35.2. The molecule has 2 aliphatic rings. The summed E-state index contributed by atoms with van der Waals surface area (Å²) in [6.45, 7) is 0. The van der Waals surface area contributed by atoms with Crippen LogP contribution in [0.2, 0.25) is 0 Å². The maximum Gasteiger partial charge on any atom is 0.0788 e. The number of hydrogen-bond acceptors (Lipinski definition) is 2. The molecule has 2 nitrogen and oxygen atoms in total. The molecule has 0 N–H and O–H groups in total. The first kappa shape index (κ1) is 36.7. The van der Waals surface area contributed by atoms with Gasteiger partial charge in [0.1, 0.15) is 0 Å². The number of rotatable bonds is 7. The van der Waals surface area contributed by atoms with Crippen molar-refractivity contribution in [2.45, 2.75) is 24.2 Å². The SMILES string of the molecule is c1ccc(CC(Cc2ccccc2)c2cc(-c3nc4ccccc4c4cc5c(cc34)C3(c4ccccc4-c4ccccc43)c3ccccc3-5)cc(-c3cccc4cccnc34)c2)cc1. The Labute approximate surface area is 373 Å². The van der Waals surface area contributed by atoms with Crippen molar-refractivity contribution < 1.29 is 0 Å². The molecule has 0 saturated carbocycles. The van der Waals surface area contributed by atoms with Crippen molar-refractivity contribution in [2.24, 2.45) is 0 Å². The van der Waals surface area contributed by atoms with E-state index in [-0.39, 0.29) is 5.92 Å². The Hall–Kier alpha value is -7.94. The summed E-state index contributed by atoms with van der Waals surface area (Å²) in [5.41, 5.74) is 20.4. The lowest BCUT2D eigenvalue weighted by atomic mass is 9.70. The molecule has 0 saturated heterocycles. The molecule has 9 aromatic carbocycles. The van der Waals surface area contributed by atoms with Crippen LogP contribution < -0.4 is 0 Å². The molecule has 2 aliphatic carbocycles. The number of pyridine rings is 2. The first-order chi connectivity index (χ1) is 31.7. The third kappa shape index (κ3) is 5.59. The standard InChI is InChI=1S/C62H42N2/c1-3-17-40(18-4-1)33-43(34-41-19-5-2-6-20-41)44-35-45(47-27-15-21-42-22-16-32-63-60(42)47)37-46(36-44)61-54-39-58-53(38-52(54)51-26-10-14-31-59(51)64-61)50-25-9-13-30-57(50)62(58)55-28-11-7-23-48(55)49-24-8-12-29-56(49)62/h1-32,35-39,43H,33-34H2. The Morgan fingerprint density at radius 2 is 0.953 bits per heavy atom. The monoisotopic (exact) mass is 814 g/mol. The van der Waals surface area contributed by atoms with Gasteiger partial charge in [-0.1, -0.05) is 182 Å². The van der Waals surface area contributed by atoms with E-state index in [9.17, 15) is 0 Å². The van der Waals surface area contributed by atoms with Crippen LogP contribution >= 0.6 is 0 Å². The molecular weight excluding hydrogens is 773 g/mol. The molecule has 0 atom stereocenters. The fourth-order valence-electron chi connectivity index (χ4n) is 11.4. The molecule has 0 fully saturated rings. The van der Waals surface area contributed by atoms with E-state index < -0.39 is 5.41 Å². The average Bonchev–Trinajstić information content (AvgIpc) is 3.82. The van der Waals surface area contributed by atoms with Crippen molar-refractivity contribution in [3.63, 3.8) is 0 Å². The number of fused-ring (bicyclic) bond motifs is 14. The van der Waals surface area contributed by atoms with Gasteiger partial charge in [-0.25, -0.2) is 4.98 Å². The van der Waals surface area contributed by atoms with Gasteiger partial charge < -0.3 is 0 Å². The summed E-state index contributed by atoms with van der Waals surface area (Å²) in [4.78, 5) is 10.7. The van der Waals surface area contributed by atoms with E-state index in [1.165, 1.54) is 66.6 Å². The molecule has 0 amide bonds. The highest BCUT2D eigenvalue weighted by atomic mass is 14.7. The molecule has 0 unspecified atom stereocenters. The summed E-state index contributed by atoms with van der Waals surface area (Å²) in [5.74, 6) is 0.201. The molecule has 0 bridgehead atoms. The van der Waals surface area contributed by atoms with Crippen molar-refractivity contribution in [3.05, 3.63) is 264 Å². The lowest BCUT2D eigenvalue weighted by molar-refractivity contribution is 0.680. The second-order valence-corrected chi connectivity index (χ2v) is 17.6. The van der Waals surface area contributed by atoms with Crippen LogP contribution in [-0.2, 0) is 18.3 Å². The maximum atomic E-state index is 5.70. The Bertz CT molecular complexity index is 3530. The molecule has 2 heterocycles. The summed E-state index contributed by atoms with van der Waals surface area (Å²) in [6, 6.07) is 80.9. The fraction of sp³-hybridized carbons (Fsp3) is 0.0645. The summed E-state index contributed by atoms with van der Waals surface area (Å²) in [6.07, 6.45) is 3.73. The van der Waals surface area contributed by atoms with E-state index in [4.69, 9.17) is 9.97 Å². The van der Waals surface area contributed by atoms with Gasteiger partial charge in [-0.3, -0.25) is 4.98 Å². The summed E-state index contributed by atoms with van der Waals surface area (Å²) in [5, 5.41) is 4.67. The van der Waals surface area contributed by atoms with Crippen molar-refractivity contribution in [2.75, 3.05) is 0 Å². The van der Waals surface area contributed by atoms with Crippen LogP contribution in [0.15, 0.2) is 225 Å². The van der Waals surface area contributed by atoms with Crippen LogP contribution in [0.4, 0.5) is 0 Å². The van der Waals surface area contributed by atoms with Crippen LogP contribution in [0.3, 0.4) is 0 Å². The first-order valence-corrected chi connectivity index (χ1v) is 22.5. The number of benzene rings is 9. The largest absolute Gasteiger partial charge is 0.256 e. The molecule has 0 aliphatic heterocycles. The van der Waals surface area contributed by atoms with Gasteiger partial charge >= 0.3 is 0 Å². The summed E-state index contributed by atoms with van der Waals surface area (Å²) >= 11 is 0. The lowest BCUT2D eigenvalue weighted by Gasteiger charge is -2.30. The minimum absolute atomic E-state index is 0.201. The zero-order valence-electron chi connectivity index (χ0n) is 35.2. The summed E-state index contributed by atoms with van der Waals surface area (Å²) in [7, 11) is 0. The van der Waals surface area contributed by atoms with Gasteiger partial charge in [0.05, 0.1) is 22.1 Å². The molecule has 0 radical (unpaired) electrons. The highest BCUT2D eigenvalue weighted by Crippen LogP contribution is 2.63. The van der Waals surface area contributed by atoms with Crippen LogP contribution in [-0.4, -0.2) is 9.97 Å². The van der Waals surface area contributed by atoms with Crippen LogP contribution in [0.25, 0.3) is 77.2 Å². The van der Waals surface area contributed by atoms with Gasteiger partial charge in [0, 0.05) is 33.5 Å². The van der Waals surface area contributed by atoms with Gasteiger partial charge in [-0.15, -0.1) is 0 Å². The van der Waals surface area contributed by atoms with Crippen molar-refractivity contribution >= 4 is 32.6 Å². The third-order valence-corrected chi connectivity index (χ3v) is 14.1.